The summed E-state index contributed by atoms with van der Waals surface area (Å²) in [5, 5.41) is 0. The van der Waals surface area contributed by atoms with E-state index >= 15 is 0 Å². The van der Waals surface area contributed by atoms with E-state index in [-0.39, 0.29) is 12.4 Å². The first-order valence-electron chi connectivity index (χ1n) is 4.82. The van der Waals surface area contributed by atoms with Crippen LogP contribution in [0.3, 0.4) is 0 Å². The third kappa shape index (κ3) is 2.98. The number of hydrogen-bond donors (Lipinski definition) is 1. The highest BCUT2D eigenvalue weighted by Crippen LogP contribution is 2.24. The Morgan fingerprint density at radius 1 is 1.29 bits per heavy atom. The Labute approximate surface area is 106 Å². The first-order chi connectivity index (χ1) is 8.19. The lowest BCUT2D eigenvalue weighted by molar-refractivity contribution is 0.450. The molecule has 0 aromatic carbocycles. The molecule has 2 aromatic rings. The van der Waals surface area contributed by atoms with Gasteiger partial charge in [0.1, 0.15) is 11.6 Å². The second-order valence-corrected chi connectivity index (χ2v) is 4.18. The number of nitrogens with zero attached hydrogens (tertiary/aromatic N) is 2. The Morgan fingerprint density at radius 3 is 2.82 bits per heavy atom. The fourth-order valence-corrected chi connectivity index (χ4v) is 1.61. The van der Waals surface area contributed by atoms with Crippen molar-refractivity contribution in [1.29, 1.82) is 0 Å². The molecular formula is C11H9BrFN3O. The quantitative estimate of drug-likeness (QED) is 0.946. The minimum atomic E-state index is -0.440. The maximum Gasteiger partial charge on any atom is 0.223 e. The Balaban J connectivity index is 2.29. The van der Waals surface area contributed by atoms with Gasteiger partial charge in [0.2, 0.25) is 5.88 Å². The predicted molar refractivity (Wildman–Crippen MR) is 64.1 cm³/mol. The van der Waals surface area contributed by atoms with Gasteiger partial charge < -0.3 is 10.5 Å². The van der Waals surface area contributed by atoms with Crippen LogP contribution in [0.15, 0.2) is 35.2 Å². The standard InChI is InChI=1S/C11H9BrFN3O/c12-8-2-10(6-15-4-8)17-11-7(3-14)1-9(13)5-16-11/h1-2,4-6H,3,14H2. The van der Waals surface area contributed by atoms with Gasteiger partial charge in [-0.3, -0.25) is 4.98 Å². The predicted octanol–water partition coefficient (Wildman–Crippen LogP) is 2.63. The smallest absolute Gasteiger partial charge is 0.223 e. The molecule has 2 heterocycles. The van der Waals surface area contributed by atoms with Crippen LogP contribution < -0.4 is 10.5 Å². The van der Waals surface area contributed by atoms with Crippen molar-refractivity contribution >= 4 is 15.9 Å². The van der Waals surface area contributed by atoms with Crippen molar-refractivity contribution in [3.8, 4) is 11.6 Å². The second-order valence-electron chi connectivity index (χ2n) is 3.26. The molecule has 0 amide bonds. The van der Waals surface area contributed by atoms with E-state index in [1.807, 2.05) is 0 Å². The van der Waals surface area contributed by atoms with E-state index in [9.17, 15) is 4.39 Å². The molecule has 0 saturated heterocycles. The summed E-state index contributed by atoms with van der Waals surface area (Å²) in [4.78, 5) is 7.80. The molecule has 0 fully saturated rings. The number of rotatable bonds is 3. The van der Waals surface area contributed by atoms with E-state index in [4.69, 9.17) is 10.5 Å². The van der Waals surface area contributed by atoms with E-state index in [0.717, 1.165) is 10.7 Å². The SMILES string of the molecule is NCc1cc(F)cnc1Oc1cncc(Br)c1. The Bertz CT molecular complexity index is 536. The van der Waals surface area contributed by atoms with Crippen LogP contribution in [0.2, 0.25) is 0 Å². The first kappa shape index (κ1) is 11.9. The van der Waals surface area contributed by atoms with E-state index in [2.05, 4.69) is 25.9 Å². The van der Waals surface area contributed by atoms with Crippen LogP contribution in [0.25, 0.3) is 0 Å². The lowest BCUT2D eigenvalue weighted by Gasteiger charge is -2.08. The Kier molecular flexibility index (Phi) is 3.65. The highest BCUT2D eigenvalue weighted by atomic mass is 79.9. The maximum atomic E-state index is 12.9. The largest absolute Gasteiger partial charge is 0.437 e. The summed E-state index contributed by atoms with van der Waals surface area (Å²) in [5.41, 5.74) is 6.00. The molecule has 0 bridgehead atoms. The molecule has 88 valence electrons. The molecular weight excluding hydrogens is 289 g/mol. The highest BCUT2D eigenvalue weighted by molar-refractivity contribution is 9.10. The zero-order chi connectivity index (χ0) is 12.3. The van der Waals surface area contributed by atoms with E-state index < -0.39 is 5.82 Å². The monoisotopic (exact) mass is 297 g/mol. The van der Waals surface area contributed by atoms with Gasteiger partial charge in [0.05, 0.1) is 12.4 Å². The second kappa shape index (κ2) is 5.20. The summed E-state index contributed by atoms with van der Waals surface area (Å²) in [6.07, 6.45) is 4.25. The molecule has 2 N–H and O–H groups in total. The van der Waals surface area contributed by atoms with Gasteiger partial charge in [-0.15, -0.1) is 0 Å². The van der Waals surface area contributed by atoms with Crippen molar-refractivity contribution in [3.05, 3.63) is 46.6 Å². The molecule has 6 heteroatoms. The van der Waals surface area contributed by atoms with Crippen LogP contribution in [-0.4, -0.2) is 9.97 Å². The zero-order valence-corrected chi connectivity index (χ0v) is 10.3. The van der Waals surface area contributed by atoms with Gasteiger partial charge in [0.15, 0.2) is 0 Å². The van der Waals surface area contributed by atoms with Gasteiger partial charge in [-0.05, 0) is 28.1 Å². The fraction of sp³-hybridized carbons (Fsp3) is 0.0909. The summed E-state index contributed by atoms with van der Waals surface area (Å²) in [6, 6.07) is 3.03. The van der Waals surface area contributed by atoms with Gasteiger partial charge >= 0.3 is 0 Å². The number of pyridine rings is 2. The van der Waals surface area contributed by atoms with Gasteiger partial charge in [-0.25, -0.2) is 9.37 Å². The molecule has 17 heavy (non-hydrogen) atoms. The summed E-state index contributed by atoms with van der Waals surface area (Å²) in [6.45, 7) is 0.154. The van der Waals surface area contributed by atoms with Crippen LogP contribution in [0.5, 0.6) is 11.6 Å². The molecule has 0 aliphatic rings. The molecule has 4 nitrogen and oxygen atoms in total. The molecule has 0 aliphatic carbocycles. The third-order valence-electron chi connectivity index (χ3n) is 2.01. The van der Waals surface area contributed by atoms with Crippen LogP contribution in [0.4, 0.5) is 4.39 Å². The number of hydrogen-bond acceptors (Lipinski definition) is 4. The lowest BCUT2D eigenvalue weighted by Crippen LogP contribution is -2.02. The highest BCUT2D eigenvalue weighted by Gasteiger charge is 2.07. The zero-order valence-electron chi connectivity index (χ0n) is 8.73. The molecule has 0 atom stereocenters. The minimum Gasteiger partial charge on any atom is -0.437 e. The number of ether oxygens (including phenoxy) is 1. The normalized spacial score (nSPS) is 10.3. The van der Waals surface area contributed by atoms with Crippen LogP contribution in [0.1, 0.15) is 5.56 Å². The molecule has 0 unspecified atom stereocenters. The Hall–Kier alpha value is -1.53. The van der Waals surface area contributed by atoms with Crippen molar-refractivity contribution in [2.24, 2.45) is 5.73 Å². The van der Waals surface area contributed by atoms with Crippen molar-refractivity contribution in [2.75, 3.05) is 0 Å². The van der Waals surface area contributed by atoms with Gasteiger partial charge in [-0.2, -0.15) is 0 Å². The first-order valence-corrected chi connectivity index (χ1v) is 5.61. The summed E-state index contributed by atoms with van der Waals surface area (Å²) in [5.74, 6) is 0.354. The van der Waals surface area contributed by atoms with Crippen molar-refractivity contribution in [1.82, 2.24) is 9.97 Å². The van der Waals surface area contributed by atoms with Gasteiger partial charge in [0, 0.05) is 22.8 Å². The van der Waals surface area contributed by atoms with Crippen LogP contribution >= 0.6 is 15.9 Å². The van der Waals surface area contributed by atoms with Gasteiger partial charge in [0.25, 0.3) is 0 Å². The summed E-state index contributed by atoms with van der Waals surface area (Å²) >= 11 is 3.28. The molecule has 0 aliphatic heterocycles. The van der Waals surface area contributed by atoms with Crippen molar-refractivity contribution < 1.29 is 9.13 Å². The molecule has 0 saturated carbocycles. The van der Waals surface area contributed by atoms with E-state index in [1.165, 1.54) is 12.3 Å². The topological polar surface area (TPSA) is 61.0 Å². The van der Waals surface area contributed by atoms with Crippen LogP contribution in [-0.2, 0) is 6.54 Å². The van der Waals surface area contributed by atoms with Gasteiger partial charge in [-0.1, -0.05) is 0 Å². The molecule has 0 radical (unpaired) electrons. The molecule has 0 spiro atoms. The van der Waals surface area contributed by atoms with E-state index in [0.29, 0.717) is 11.3 Å². The van der Waals surface area contributed by atoms with E-state index in [1.54, 1.807) is 12.3 Å². The average molecular weight is 298 g/mol. The Morgan fingerprint density at radius 2 is 2.12 bits per heavy atom. The molecule has 2 rings (SSSR count). The minimum absolute atomic E-state index is 0.154. The summed E-state index contributed by atoms with van der Waals surface area (Å²) in [7, 11) is 0. The van der Waals surface area contributed by atoms with Crippen molar-refractivity contribution in [3.63, 3.8) is 0 Å². The molecule has 2 aromatic heterocycles. The van der Waals surface area contributed by atoms with Crippen molar-refractivity contribution in [2.45, 2.75) is 6.54 Å². The maximum absolute atomic E-state index is 12.9. The third-order valence-corrected chi connectivity index (χ3v) is 2.44. The number of halogens is 2. The number of nitrogens with two attached hydrogens (primary N) is 1. The number of aromatic nitrogens is 2. The lowest BCUT2D eigenvalue weighted by atomic mass is 10.2. The fourth-order valence-electron chi connectivity index (χ4n) is 1.27. The average Bonchev–Trinajstić information content (AvgIpc) is 2.31. The van der Waals surface area contributed by atoms with Crippen LogP contribution in [0, 0.1) is 5.82 Å². The summed E-state index contributed by atoms with van der Waals surface area (Å²) < 4.78 is 19.2.